The number of aromatic nitrogens is 1. The number of anilines is 2. The van der Waals surface area contributed by atoms with Crippen LogP contribution in [0.4, 0.5) is 11.5 Å². The zero-order valence-electron chi connectivity index (χ0n) is 11.5. The summed E-state index contributed by atoms with van der Waals surface area (Å²) in [4.78, 5) is 11.0. The van der Waals surface area contributed by atoms with Gasteiger partial charge < -0.3 is 0 Å². The highest BCUT2D eigenvalue weighted by molar-refractivity contribution is 5.93. The summed E-state index contributed by atoms with van der Waals surface area (Å²) in [6.07, 6.45) is 1.67. The van der Waals surface area contributed by atoms with Gasteiger partial charge in [0.2, 0.25) is 0 Å². The zero-order valence-corrected chi connectivity index (χ0v) is 11.5. The average Bonchev–Trinajstić information content (AvgIpc) is 2.29. The van der Waals surface area contributed by atoms with Crippen molar-refractivity contribution in [3.63, 3.8) is 0 Å². The van der Waals surface area contributed by atoms with Gasteiger partial charge in [-0.1, -0.05) is 0 Å². The highest BCUT2D eigenvalue weighted by Crippen LogP contribution is 2.21. The molecule has 100 valence electrons. The van der Waals surface area contributed by atoms with E-state index < -0.39 is 0 Å². The normalized spacial score (nSPS) is 9.89. The van der Waals surface area contributed by atoms with Crippen LogP contribution in [0.25, 0.3) is 0 Å². The standard InChI is InChI=1S/C11H21N6O/c1-15(2)11(16(3)4)17(12)9-7-6-8-13-10(9)14-18-5/h6-8H,12H2,1-5H3,(H,13,14)/q+1. The Bertz CT molecular complexity index is 427. The first-order valence-electron chi connectivity index (χ1n) is 5.49. The summed E-state index contributed by atoms with van der Waals surface area (Å²) < 4.78 is 1.92. The van der Waals surface area contributed by atoms with Gasteiger partial charge in [0, 0.05) is 6.20 Å². The second-order valence-electron chi connectivity index (χ2n) is 4.14. The molecular formula is C11H21N6O+. The van der Waals surface area contributed by atoms with Gasteiger partial charge in [0.05, 0.1) is 35.3 Å². The number of rotatable bonds is 3. The molecule has 0 bridgehead atoms. The van der Waals surface area contributed by atoms with Crippen LogP contribution < -0.4 is 16.3 Å². The fourth-order valence-electron chi connectivity index (χ4n) is 1.71. The van der Waals surface area contributed by atoms with Crippen LogP contribution in [0, 0.1) is 0 Å². The smallest absolute Gasteiger partial charge is 0.278 e. The predicted octanol–water partition coefficient (Wildman–Crippen LogP) is -0.0753. The van der Waals surface area contributed by atoms with Crippen molar-refractivity contribution in [1.29, 1.82) is 0 Å². The van der Waals surface area contributed by atoms with Crippen LogP contribution in [0.1, 0.15) is 0 Å². The van der Waals surface area contributed by atoms with Crippen LogP contribution in [0.15, 0.2) is 18.3 Å². The molecule has 1 heterocycles. The molecule has 0 aromatic carbocycles. The second kappa shape index (κ2) is 6.18. The molecule has 7 heteroatoms. The van der Waals surface area contributed by atoms with Gasteiger partial charge in [-0.2, -0.15) is 10.9 Å². The zero-order chi connectivity index (χ0) is 13.7. The minimum atomic E-state index is 0.559. The molecule has 0 atom stereocenters. The summed E-state index contributed by atoms with van der Waals surface area (Å²) >= 11 is 0. The molecule has 0 saturated heterocycles. The topological polar surface area (TPSA) is 69.7 Å². The number of nitrogens with two attached hydrogens (primary N) is 1. The summed E-state index contributed by atoms with van der Waals surface area (Å²) in [5.74, 6) is 7.53. The van der Waals surface area contributed by atoms with E-state index in [1.165, 1.54) is 7.11 Å². The molecule has 0 saturated carbocycles. The van der Waals surface area contributed by atoms with Gasteiger partial charge in [-0.15, -0.1) is 0 Å². The monoisotopic (exact) mass is 253 g/mol. The van der Waals surface area contributed by atoms with E-state index in [2.05, 4.69) is 10.5 Å². The average molecular weight is 253 g/mol. The minimum absolute atomic E-state index is 0.559. The van der Waals surface area contributed by atoms with Crippen LogP contribution in [0.3, 0.4) is 0 Å². The molecule has 1 aromatic heterocycles. The number of pyridine rings is 1. The van der Waals surface area contributed by atoms with Gasteiger partial charge in [0.1, 0.15) is 0 Å². The highest BCUT2D eigenvalue weighted by Gasteiger charge is 2.24. The van der Waals surface area contributed by atoms with Crippen LogP contribution in [0.2, 0.25) is 0 Å². The Kier molecular flexibility index (Phi) is 4.87. The van der Waals surface area contributed by atoms with E-state index in [1.807, 2.05) is 49.8 Å². The lowest BCUT2D eigenvalue weighted by Crippen LogP contribution is -2.49. The summed E-state index contributed by atoms with van der Waals surface area (Å²) in [5.41, 5.74) is 3.43. The van der Waals surface area contributed by atoms with E-state index in [-0.39, 0.29) is 0 Å². The van der Waals surface area contributed by atoms with E-state index in [1.54, 1.807) is 11.2 Å². The Morgan fingerprint density at radius 2 is 2.11 bits per heavy atom. The Labute approximate surface area is 107 Å². The van der Waals surface area contributed by atoms with E-state index >= 15 is 0 Å². The van der Waals surface area contributed by atoms with Crippen molar-refractivity contribution in [3.8, 4) is 0 Å². The first-order valence-corrected chi connectivity index (χ1v) is 5.49. The summed E-state index contributed by atoms with van der Waals surface area (Å²) in [5, 5.41) is 1.55. The fourth-order valence-corrected chi connectivity index (χ4v) is 1.71. The van der Waals surface area contributed by atoms with Crippen molar-refractivity contribution < 1.29 is 9.41 Å². The Morgan fingerprint density at radius 3 is 2.61 bits per heavy atom. The molecule has 0 radical (unpaired) electrons. The summed E-state index contributed by atoms with van der Waals surface area (Å²) in [6.45, 7) is 0. The van der Waals surface area contributed by atoms with Crippen LogP contribution in [-0.2, 0) is 4.84 Å². The van der Waals surface area contributed by atoms with E-state index in [0.29, 0.717) is 5.82 Å². The van der Waals surface area contributed by atoms with Gasteiger partial charge in [-0.25, -0.2) is 10.5 Å². The molecule has 7 nitrogen and oxygen atoms in total. The fraction of sp³-hybridized carbons (Fsp3) is 0.455. The largest absolute Gasteiger partial charge is 0.372 e. The van der Waals surface area contributed by atoms with Gasteiger partial charge in [0.25, 0.3) is 0 Å². The molecule has 0 unspecified atom stereocenters. The number of nitrogens with zero attached hydrogens (tertiary/aromatic N) is 4. The summed E-state index contributed by atoms with van der Waals surface area (Å²) in [7, 11) is 9.23. The number of guanidine groups is 1. The molecule has 0 spiro atoms. The maximum atomic E-state index is 6.15. The molecule has 0 amide bonds. The molecule has 0 aliphatic carbocycles. The maximum absolute atomic E-state index is 6.15. The quantitative estimate of drug-likeness (QED) is 0.258. The molecule has 3 N–H and O–H groups in total. The van der Waals surface area contributed by atoms with Crippen molar-refractivity contribution in [2.24, 2.45) is 5.84 Å². The van der Waals surface area contributed by atoms with Crippen LogP contribution in [0.5, 0.6) is 0 Å². The number of hydrogen-bond donors (Lipinski definition) is 2. The van der Waals surface area contributed by atoms with Gasteiger partial charge in [-0.05, 0) is 12.1 Å². The predicted molar refractivity (Wildman–Crippen MR) is 72.3 cm³/mol. The summed E-state index contributed by atoms with van der Waals surface area (Å²) in [6, 6.07) is 3.68. The van der Waals surface area contributed by atoms with Crippen molar-refractivity contribution >= 4 is 17.5 Å². The van der Waals surface area contributed by atoms with Crippen molar-refractivity contribution in [3.05, 3.63) is 18.3 Å². The lowest BCUT2D eigenvalue weighted by Gasteiger charge is -2.21. The van der Waals surface area contributed by atoms with Gasteiger partial charge in [-0.3, -0.25) is 14.3 Å². The highest BCUT2D eigenvalue weighted by atomic mass is 16.6. The van der Waals surface area contributed by atoms with Gasteiger partial charge in [0.15, 0.2) is 11.5 Å². The molecular weight excluding hydrogens is 232 g/mol. The maximum Gasteiger partial charge on any atom is 0.372 e. The first kappa shape index (κ1) is 14.2. The number of hydrazine groups is 1. The second-order valence-corrected chi connectivity index (χ2v) is 4.14. The number of hydrogen-bond acceptors (Lipinski definition) is 4. The molecule has 0 aliphatic heterocycles. The van der Waals surface area contributed by atoms with E-state index in [4.69, 9.17) is 10.7 Å². The third-order valence-electron chi connectivity index (χ3n) is 2.26. The van der Waals surface area contributed by atoms with Crippen molar-refractivity contribution in [1.82, 2.24) is 9.88 Å². The number of nitrogens with one attached hydrogen (secondary N) is 1. The third kappa shape index (κ3) is 3.08. The lowest BCUT2D eigenvalue weighted by atomic mass is 10.4. The first-order chi connectivity index (χ1) is 8.49. The molecule has 0 fully saturated rings. The molecule has 1 aromatic rings. The Morgan fingerprint density at radius 1 is 1.44 bits per heavy atom. The lowest BCUT2D eigenvalue weighted by molar-refractivity contribution is -0.470. The molecule has 0 aliphatic rings. The molecule has 18 heavy (non-hydrogen) atoms. The Hall–Kier alpha value is -1.86. The van der Waals surface area contributed by atoms with E-state index in [0.717, 1.165) is 11.6 Å². The SMILES string of the molecule is CONc1ncccc1N(N)C(N(C)C)=[N+](C)C. The minimum Gasteiger partial charge on any atom is -0.278 e. The van der Waals surface area contributed by atoms with Crippen molar-refractivity contribution in [2.75, 3.05) is 45.8 Å². The molecule has 1 rings (SSSR count). The van der Waals surface area contributed by atoms with E-state index in [9.17, 15) is 0 Å². The Balaban J connectivity index is 3.17. The van der Waals surface area contributed by atoms with Crippen molar-refractivity contribution in [2.45, 2.75) is 0 Å². The van der Waals surface area contributed by atoms with Crippen LogP contribution in [-0.4, -0.2) is 55.7 Å². The third-order valence-corrected chi connectivity index (χ3v) is 2.26. The van der Waals surface area contributed by atoms with Gasteiger partial charge >= 0.3 is 5.96 Å². The van der Waals surface area contributed by atoms with Crippen LogP contribution >= 0.6 is 0 Å².